The first kappa shape index (κ1) is 24.9. The normalized spacial score (nSPS) is 14.3. The van der Waals surface area contributed by atoms with E-state index in [0.717, 1.165) is 16.5 Å². The van der Waals surface area contributed by atoms with Gasteiger partial charge in [-0.3, -0.25) is 9.89 Å². The molecule has 1 aliphatic rings. The Morgan fingerprint density at radius 2 is 2.03 bits per heavy atom. The number of hydrogen-bond acceptors (Lipinski definition) is 7. The van der Waals surface area contributed by atoms with Crippen molar-refractivity contribution in [1.29, 1.82) is 0 Å². The van der Waals surface area contributed by atoms with Gasteiger partial charge in [-0.25, -0.2) is 14.4 Å². The third kappa shape index (κ3) is 4.36. The molecule has 1 aliphatic heterocycles. The van der Waals surface area contributed by atoms with Crippen LogP contribution in [0.1, 0.15) is 5.56 Å². The maximum Gasteiger partial charge on any atom is 0.246 e. The second kappa shape index (κ2) is 10.3. The maximum atomic E-state index is 16.3. The van der Waals surface area contributed by atoms with Crippen LogP contribution in [0.5, 0.6) is 5.75 Å². The van der Waals surface area contributed by atoms with Gasteiger partial charge in [0.1, 0.15) is 17.7 Å². The largest absolute Gasteiger partial charge is 0.494 e. The van der Waals surface area contributed by atoms with Gasteiger partial charge in [-0.2, -0.15) is 5.10 Å². The highest BCUT2D eigenvalue weighted by atomic mass is 35.5. The van der Waals surface area contributed by atoms with Gasteiger partial charge in [-0.05, 0) is 25.6 Å². The Balaban J connectivity index is 1.57. The summed E-state index contributed by atoms with van der Waals surface area (Å²) >= 11 is 6.87. The number of nitrogens with one attached hydrogen (secondary N) is 2. The van der Waals surface area contributed by atoms with E-state index in [2.05, 4.69) is 25.5 Å². The number of fused-ring (bicyclic) bond motifs is 2. The van der Waals surface area contributed by atoms with E-state index in [1.165, 1.54) is 13.4 Å². The third-order valence-corrected chi connectivity index (χ3v) is 7.02. The summed E-state index contributed by atoms with van der Waals surface area (Å²) in [6.45, 7) is 4.58. The number of benzene rings is 2. The predicted octanol–water partition coefficient (Wildman–Crippen LogP) is 3.71. The maximum absolute atomic E-state index is 16.3. The SMILES string of the molecule is CNC/C=C/C(=O)N1CCN(c2ncnc3c(F)c(-c4c(C)ccc5[nH]ncc45)c(Cl)c(OC)c23)CC1. The average molecular weight is 524 g/mol. The van der Waals surface area contributed by atoms with Gasteiger partial charge >= 0.3 is 0 Å². The summed E-state index contributed by atoms with van der Waals surface area (Å²) in [5, 5.41) is 11.3. The molecule has 2 aromatic heterocycles. The van der Waals surface area contributed by atoms with E-state index in [9.17, 15) is 4.79 Å². The quantitative estimate of drug-likeness (QED) is 0.372. The Morgan fingerprint density at radius 1 is 1.24 bits per heavy atom. The summed E-state index contributed by atoms with van der Waals surface area (Å²) in [4.78, 5) is 25.0. The lowest BCUT2D eigenvalue weighted by molar-refractivity contribution is -0.126. The van der Waals surface area contributed by atoms with Crippen LogP contribution in [0.3, 0.4) is 0 Å². The van der Waals surface area contributed by atoms with Gasteiger partial charge in [0, 0.05) is 55.3 Å². The molecule has 0 aliphatic carbocycles. The van der Waals surface area contributed by atoms with Crippen LogP contribution in [0, 0.1) is 12.7 Å². The van der Waals surface area contributed by atoms with Crippen molar-refractivity contribution in [1.82, 2.24) is 30.4 Å². The van der Waals surface area contributed by atoms with Crippen molar-refractivity contribution in [2.45, 2.75) is 6.92 Å². The number of anilines is 1. The number of carbonyl (C=O) groups excluding carboxylic acids is 1. The Morgan fingerprint density at radius 3 is 2.76 bits per heavy atom. The molecular formula is C26H27ClFN7O2. The second-order valence-corrected chi connectivity index (χ2v) is 9.20. The summed E-state index contributed by atoms with van der Waals surface area (Å²) < 4.78 is 22.0. The van der Waals surface area contributed by atoms with E-state index in [4.69, 9.17) is 16.3 Å². The number of rotatable bonds is 6. The highest BCUT2D eigenvalue weighted by molar-refractivity contribution is 6.37. The van der Waals surface area contributed by atoms with Crippen molar-refractivity contribution < 1.29 is 13.9 Å². The van der Waals surface area contributed by atoms with Crippen LogP contribution in [-0.4, -0.2) is 77.9 Å². The number of aromatic amines is 1. The fourth-order valence-electron chi connectivity index (χ4n) is 4.82. The first-order valence-corrected chi connectivity index (χ1v) is 12.3. The number of piperazine rings is 1. The lowest BCUT2D eigenvalue weighted by Crippen LogP contribution is -2.48. The number of methoxy groups -OCH3 is 1. The minimum atomic E-state index is -0.551. The smallest absolute Gasteiger partial charge is 0.246 e. The minimum Gasteiger partial charge on any atom is -0.494 e. The molecule has 0 radical (unpaired) electrons. The molecule has 1 fully saturated rings. The number of ether oxygens (including phenoxy) is 1. The molecule has 2 aromatic carbocycles. The molecule has 0 atom stereocenters. The van der Waals surface area contributed by atoms with Crippen molar-refractivity contribution >= 4 is 45.1 Å². The van der Waals surface area contributed by atoms with Crippen LogP contribution < -0.4 is 15.0 Å². The summed E-state index contributed by atoms with van der Waals surface area (Å²) in [6.07, 6.45) is 6.38. The summed E-state index contributed by atoms with van der Waals surface area (Å²) in [6, 6.07) is 3.79. The number of halogens is 2. The number of amides is 1. The van der Waals surface area contributed by atoms with Gasteiger partial charge < -0.3 is 19.9 Å². The van der Waals surface area contributed by atoms with Crippen molar-refractivity contribution in [3.8, 4) is 16.9 Å². The fourth-order valence-corrected chi connectivity index (χ4v) is 5.17. The topological polar surface area (TPSA) is 99.3 Å². The zero-order valence-electron chi connectivity index (χ0n) is 20.8. The van der Waals surface area contributed by atoms with E-state index < -0.39 is 5.82 Å². The molecule has 9 nitrogen and oxygen atoms in total. The number of aromatic nitrogens is 4. The van der Waals surface area contributed by atoms with Gasteiger partial charge in [0.15, 0.2) is 11.6 Å². The third-order valence-electron chi connectivity index (χ3n) is 6.66. The number of aryl methyl sites for hydroxylation is 1. The molecule has 37 heavy (non-hydrogen) atoms. The standard InChI is InChI=1S/C26H27ClFN7O2/c1-15-6-7-17-16(13-32-33-17)19(15)20-22(27)25(37-3)21-24(23(20)28)30-14-31-26(21)35-11-9-34(10-12-35)18(36)5-4-8-29-2/h4-7,13-14,29H,8-12H2,1-3H3,(H,32,33)/b5-4+. The van der Waals surface area contributed by atoms with Crippen molar-refractivity contribution in [2.24, 2.45) is 0 Å². The number of likely N-dealkylation sites (N-methyl/N-ethyl adjacent to an activating group) is 1. The van der Waals surface area contributed by atoms with Gasteiger partial charge in [-0.1, -0.05) is 23.7 Å². The molecule has 3 heterocycles. The monoisotopic (exact) mass is 523 g/mol. The van der Waals surface area contributed by atoms with Crippen molar-refractivity contribution in [2.75, 3.05) is 51.8 Å². The molecule has 0 bridgehead atoms. The molecule has 2 N–H and O–H groups in total. The van der Waals surface area contributed by atoms with Crippen LogP contribution in [0.4, 0.5) is 10.2 Å². The zero-order chi connectivity index (χ0) is 26.1. The van der Waals surface area contributed by atoms with Crippen molar-refractivity contribution in [3.05, 3.63) is 53.2 Å². The lowest BCUT2D eigenvalue weighted by Gasteiger charge is -2.35. The lowest BCUT2D eigenvalue weighted by atomic mass is 9.94. The van der Waals surface area contributed by atoms with E-state index in [1.807, 2.05) is 31.0 Å². The molecule has 5 rings (SSSR count). The van der Waals surface area contributed by atoms with Crippen LogP contribution in [-0.2, 0) is 4.79 Å². The van der Waals surface area contributed by atoms with Crippen LogP contribution in [0.2, 0.25) is 5.02 Å². The highest BCUT2D eigenvalue weighted by Crippen LogP contribution is 2.47. The van der Waals surface area contributed by atoms with Gasteiger partial charge in [0.25, 0.3) is 0 Å². The average Bonchev–Trinajstić information content (AvgIpc) is 3.39. The summed E-state index contributed by atoms with van der Waals surface area (Å²) in [5.41, 5.74) is 2.58. The first-order valence-electron chi connectivity index (χ1n) is 11.9. The first-order chi connectivity index (χ1) is 18.0. The van der Waals surface area contributed by atoms with Crippen LogP contribution >= 0.6 is 11.6 Å². The van der Waals surface area contributed by atoms with E-state index >= 15 is 4.39 Å². The molecule has 192 valence electrons. The number of nitrogens with zero attached hydrogens (tertiary/aromatic N) is 5. The Bertz CT molecular complexity index is 1510. The molecule has 0 saturated carbocycles. The molecule has 0 spiro atoms. The molecule has 11 heteroatoms. The zero-order valence-corrected chi connectivity index (χ0v) is 21.6. The summed E-state index contributed by atoms with van der Waals surface area (Å²) in [5.74, 6) is 0.231. The number of H-pyrrole nitrogens is 1. The fraction of sp³-hybridized carbons (Fsp3) is 0.308. The Kier molecular flexibility index (Phi) is 6.94. The molecule has 0 unspecified atom stereocenters. The predicted molar refractivity (Wildman–Crippen MR) is 143 cm³/mol. The minimum absolute atomic E-state index is 0.0393. The number of carbonyl (C=O) groups is 1. The van der Waals surface area contributed by atoms with Gasteiger partial charge in [0.05, 0.1) is 29.2 Å². The Hall–Kier alpha value is -3.76. The molecule has 1 saturated heterocycles. The molecule has 4 aromatic rings. The Labute approximate surface area is 218 Å². The number of hydrogen-bond donors (Lipinski definition) is 2. The van der Waals surface area contributed by atoms with Crippen LogP contribution in [0.15, 0.2) is 36.8 Å². The molecular weight excluding hydrogens is 497 g/mol. The van der Waals surface area contributed by atoms with Crippen LogP contribution in [0.25, 0.3) is 32.9 Å². The van der Waals surface area contributed by atoms with Gasteiger partial charge in [0.2, 0.25) is 5.91 Å². The second-order valence-electron chi connectivity index (χ2n) is 8.82. The summed E-state index contributed by atoms with van der Waals surface area (Å²) in [7, 11) is 3.32. The van der Waals surface area contributed by atoms with Gasteiger partial charge in [-0.15, -0.1) is 0 Å². The van der Waals surface area contributed by atoms with E-state index in [-0.39, 0.29) is 22.0 Å². The van der Waals surface area contributed by atoms with Crippen molar-refractivity contribution in [3.63, 3.8) is 0 Å². The van der Waals surface area contributed by atoms with E-state index in [1.54, 1.807) is 23.2 Å². The van der Waals surface area contributed by atoms with E-state index in [0.29, 0.717) is 55.2 Å². The highest BCUT2D eigenvalue weighted by Gasteiger charge is 2.29. The molecule has 1 amide bonds.